The Morgan fingerprint density at radius 3 is 2.04 bits per heavy atom. The highest BCUT2D eigenvalue weighted by atomic mass is 15.3. The minimum absolute atomic E-state index is 0.340. The first-order valence-corrected chi connectivity index (χ1v) is 10.6. The van der Waals surface area contributed by atoms with Crippen LogP contribution in [0.25, 0.3) is 0 Å². The minimum atomic E-state index is 0.340. The summed E-state index contributed by atoms with van der Waals surface area (Å²) >= 11 is 0. The molecule has 0 aromatic heterocycles. The maximum atomic E-state index is 3.75. The van der Waals surface area contributed by atoms with E-state index in [1.807, 2.05) is 0 Å². The number of hydrogen-bond acceptors (Lipinski definition) is 3. The molecule has 0 radical (unpaired) electrons. The topological polar surface area (TPSA) is 18.5 Å². The molecule has 3 nitrogen and oxygen atoms in total. The van der Waals surface area contributed by atoms with Crippen molar-refractivity contribution in [3.8, 4) is 0 Å². The van der Waals surface area contributed by atoms with Gasteiger partial charge < -0.3 is 5.32 Å². The summed E-state index contributed by atoms with van der Waals surface area (Å²) in [5, 5.41) is 3.75. The van der Waals surface area contributed by atoms with Gasteiger partial charge in [-0.15, -0.1) is 0 Å². The average molecular weight is 364 g/mol. The smallest absolute Gasteiger partial charge is 0.0382 e. The summed E-state index contributed by atoms with van der Waals surface area (Å²) in [6.07, 6.45) is 6.83. The van der Waals surface area contributed by atoms with E-state index >= 15 is 0 Å². The zero-order valence-electron chi connectivity index (χ0n) is 16.4. The van der Waals surface area contributed by atoms with Crippen LogP contribution in [0.15, 0.2) is 60.7 Å². The Labute approximate surface area is 164 Å². The molecule has 0 bridgehead atoms. The van der Waals surface area contributed by atoms with Crippen LogP contribution in [0.2, 0.25) is 0 Å². The molecule has 144 valence electrons. The van der Waals surface area contributed by atoms with E-state index in [4.69, 9.17) is 0 Å². The molecule has 2 aromatic rings. The molecule has 27 heavy (non-hydrogen) atoms. The van der Waals surface area contributed by atoms with Crippen LogP contribution < -0.4 is 5.32 Å². The van der Waals surface area contributed by atoms with Gasteiger partial charge >= 0.3 is 0 Å². The molecule has 1 aliphatic carbocycles. The minimum Gasteiger partial charge on any atom is -0.383 e. The number of rotatable bonds is 6. The number of para-hydroxylation sites is 1. The van der Waals surface area contributed by atoms with Crippen LogP contribution in [-0.4, -0.2) is 48.1 Å². The normalized spacial score (nSPS) is 21.0. The summed E-state index contributed by atoms with van der Waals surface area (Å²) in [4.78, 5) is 5.43. The average Bonchev–Trinajstić information content (AvgIpc) is 2.75. The molecule has 1 saturated heterocycles. The fourth-order valence-corrected chi connectivity index (χ4v) is 4.86. The van der Waals surface area contributed by atoms with E-state index in [1.54, 1.807) is 0 Å². The molecular weight excluding hydrogens is 330 g/mol. The van der Waals surface area contributed by atoms with Crippen molar-refractivity contribution < 1.29 is 0 Å². The quantitative estimate of drug-likeness (QED) is 0.808. The first-order chi connectivity index (χ1) is 13.3. The molecule has 1 N–H and O–H groups in total. The Bertz CT molecular complexity index is 671. The molecule has 2 aromatic carbocycles. The van der Waals surface area contributed by atoms with Gasteiger partial charge in [0, 0.05) is 50.5 Å². The molecule has 0 atom stereocenters. The van der Waals surface area contributed by atoms with Crippen LogP contribution in [0, 0.1) is 0 Å². The van der Waals surface area contributed by atoms with Gasteiger partial charge in [-0.25, -0.2) is 0 Å². The number of nitrogens with zero attached hydrogens (tertiary/aromatic N) is 2. The van der Waals surface area contributed by atoms with E-state index in [0.717, 1.165) is 13.1 Å². The molecule has 3 heteroatoms. The van der Waals surface area contributed by atoms with Crippen LogP contribution in [0.3, 0.4) is 0 Å². The van der Waals surface area contributed by atoms with Crippen molar-refractivity contribution in [3.63, 3.8) is 0 Å². The van der Waals surface area contributed by atoms with Crippen molar-refractivity contribution in [3.05, 3.63) is 66.2 Å². The van der Waals surface area contributed by atoms with E-state index in [1.165, 1.54) is 69.5 Å². The van der Waals surface area contributed by atoms with Crippen LogP contribution in [0.5, 0.6) is 0 Å². The summed E-state index contributed by atoms with van der Waals surface area (Å²) in [6.45, 7) is 6.93. The maximum absolute atomic E-state index is 3.75. The van der Waals surface area contributed by atoms with E-state index in [9.17, 15) is 0 Å². The summed E-state index contributed by atoms with van der Waals surface area (Å²) in [7, 11) is 0. The van der Waals surface area contributed by atoms with Gasteiger partial charge in [-0.1, -0.05) is 67.8 Å². The van der Waals surface area contributed by atoms with Crippen molar-refractivity contribution in [2.24, 2.45) is 0 Å². The monoisotopic (exact) mass is 363 g/mol. The largest absolute Gasteiger partial charge is 0.383 e. The van der Waals surface area contributed by atoms with Gasteiger partial charge in [0.2, 0.25) is 0 Å². The van der Waals surface area contributed by atoms with Crippen LogP contribution in [0.1, 0.15) is 37.7 Å². The summed E-state index contributed by atoms with van der Waals surface area (Å²) in [5.74, 6) is 0. The molecule has 1 heterocycles. The fourth-order valence-electron chi connectivity index (χ4n) is 4.86. The lowest BCUT2D eigenvalue weighted by Gasteiger charge is -2.50. The third-order valence-corrected chi connectivity index (χ3v) is 6.47. The Kier molecular flexibility index (Phi) is 6.10. The Balaban J connectivity index is 1.36. The number of nitrogens with one attached hydrogen (secondary N) is 1. The molecular formula is C24H33N3. The highest BCUT2D eigenvalue weighted by Gasteiger charge is 2.39. The molecule has 1 saturated carbocycles. The Morgan fingerprint density at radius 2 is 1.37 bits per heavy atom. The molecule has 0 spiro atoms. The SMILES string of the molecule is c1ccc(CN2CCN(C3(CNc4ccccc4)CCCCC3)CC2)cc1. The van der Waals surface area contributed by atoms with Crippen molar-refractivity contribution in [1.82, 2.24) is 9.80 Å². The summed E-state index contributed by atoms with van der Waals surface area (Å²) in [6, 6.07) is 21.6. The standard InChI is InChI=1S/C24H33N3/c1-4-10-22(11-5-1)20-26-16-18-27(19-17-26)24(14-8-3-9-15-24)21-25-23-12-6-2-7-13-23/h1-2,4-7,10-13,25H,3,8-9,14-21H2. The zero-order chi connectivity index (χ0) is 18.4. The van der Waals surface area contributed by atoms with Crippen molar-refractivity contribution in [2.45, 2.75) is 44.2 Å². The Morgan fingerprint density at radius 1 is 0.741 bits per heavy atom. The third kappa shape index (κ3) is 4.72. The molecule has 2 aliphatic rings. The van der Waals surface area contributed by atoms with E-state index in [2.05, 4.69) is 75.8 Å². The van der Waals surface area contributed by atoms with Gasteiger partial charge in [0.1, 0.15) is 0 Å². The predicted octanol–water partition coefficient (Wildman–Crippen LogP) is 4.62. The van der Waals surface area contributed by atoms with Gasteiger partial charge in [-0.05, 0) is 30.5 Å². The van der Waals surface area contributed by atoms with E-state index < -0.39 is 0 Å². The van der Waals surface area contributed by atoms with Gasteiger partial charge in [0.25, 0.3) is 0 Å². The van der Waals surface area contributed by atoms with Gasteiger partial charge in [0.15, 0.2) is 0 Å². The second-order valence-electron chi connectivity index (χ2n) is 8.25. The van der Waals surface area contributed by atoms with Gasteiger partial charge in [-0.3, -0.25) is 9.80 Å². The highest BCUT2D eigenvalue weighted by Crippen LogP contribution is 2.35. The van der Waals surface area contributed by atoms with Gasteiger partial charge in [-0.2, -0.15) is 0 Å². The van der Waals surface area contributed by atoms with Crippen LogP contribution in [0.4, 0.5) is 5.69 Å². The lowest BCUT2D eigenvalue weighted by Crippen LogP contribution is -2.60. The molecule has 2 fully saturated rings. The second-order valence-corrected chi connectivity index (χ2v) is 8.25. The van der Waals surface area contributed by atoms with Crippen LogP contribution >= 0.6 is 0 Å². The number of hydrogen-bond donors (Lipinski definition) is 1. The first-order valence-electron chi connectivity index (χ1n) is 10.6. The van der Waals surface area contributed by atoms with E-state index in [-0.39, 0.29) is 0 Å². The summed E-state index contributed by atoms with van der Waals surface area (Å²) < 4.78 is 0. The van der Waals surface area contributed by atoms with E-state index in [0.29, 0.717) is 5.54 Å². The Hall–Kier alpha value is -1.84. The van der Waals surface area contributed by atoms with Crippen LogP contribution in [-0.2, 0) is 6.54 Å². The fraction of sp³-hybridized carbons (Fsp3) is 0.500. The first kappa shape index (κ1) is 18.5. The van der Waals surface area contributed by atoms with Gasteiger partial charge in [0.05, 0.1) is 0 Å². The summed E-state index contributed by atoms with van der Waals surface area (Å²) in [5.41, 5.74) is 3.03. The second kappa shape index (κ2) is 8.90. The predicted molar refractivity (Wildman–Crippen MR) is 114 cm³/mol. The van der Waals surface area contributed by atoms with Crippen molar-refractivity contribution >= 4 is 5.69 Å². The number of benzene rings is 2. The van der Waals surface area contributed by atoms with Crippen molar-refractivity contribution in [2.75, 3.05) is 38.0 Å². The lowest BCUT2D eigenvalue weighted by molar-refractivity contribution is 0.0135. The maximum Gasteiger partial charge on any atom is 0.0382 e. The number of anilines is 1. The lowest BCUT2D eigenvalue weighted by atomic mass is 9.79. The molecule has 0 amide bonds. The molecule has 0 unspecified atom stereocenters. The van der Waals surface area contributed by atoms with Crippen molar-refractivity contribution in [1.29, 1.82) is 0 Å². The number of piperazine rings is 1. The zero-order valence-corrected chi connectivity index (χ0v) is 16.4. The molecule has 4 rings (SSSR count). The third-order valence-electron chi connectivity index (χ3n) is 6.47. The highest BCUT2D eigenvalue weighted by molar-refractivity contribution is 5.43. The molecule has 1 aliphatic heterocycles.